The molecule has 1 aliphatic rings. The van der Waals surface area contributed by atoms with Crippen LogP contribution in [0.1, 0.15) is 51.0 Å². The maximum Gasteiger partial charge on any atom is 0.259 e. The molecule has 124 valence electrons. The average Bonchev–Trinajstić information content (AvgIpc) is 2.62. The topological polar surface area (TPSA) is 70.6 Å². The molecule has 1 aliphatic carbocycles. The monoisotopic (exact) mass is 315 g/mol. The molecule has 0 heterocycles. The van der Waals surface area contributed by atoms with E-state index in [0.717, 1.165) is 43.4 Å². The van der Waals surface area contributed by atoms with E-state index in [1.807, 2.05) is 37.3 Å². The van der Waals surface area contributed by atoms with Gasteiger partial charge in [0, 0.05) is 5.92 Å². The van der Waals surface area contributed by atoms with Gasteiger partial charge in [0.2, 0.25) is 5.91 Å². The zero-order valence-corrected chi connectivity index (χ0v) is 13.7. The number of nitrogens with one attached hydrogen (secondary N) is 2. The third kappa shape index (κ3) is 5.51. The summed E-state index contributed by atoms with van der Waals surface area (Å²) in [7, 11) is 0. The van der Waals surface area contributed by atoms with Crippen LogP contribution in [0.2, 0.25) is 0 Å². The molecule has 5 heteroatoms. The molecule has 0 aromatic heterocycles. The van der Waals surface area contributed by atoms with Crippen LogP contribution >= 0.6 is 0 Å². The van der Waals surface area contributed by atoms with E-state index < -0.39 is 0 Å². The Morgan fingerprint density at radius 3 is 2.48 bits per heavy atom. The number of hydrogen-bond donors (Lipinski definition) is 2. The Morgan fingerprint density at radius 1 is 1.13 bits per heavy atom. The Balaban J connectivity index is 1.79. The first-order chi connectivity index (χ1) is 11.2. The van der Waals surface area contributed by atoms with E-state index in [0.29, 0.717) is 0 Å². The van der Waals surface area contributed by atoms with Crippen molar-refractivity contribution in [1.82, 2.24) is 10.7 Å². The van der Waals surface area contributed by atoms with Gasteiger partial charge >= 0.3 is 0 Å². The van der Waals surface area contributed by atoms with E-state index in [9.17, 15) is 9.59 Å². The van der Waals surface area contributed by atoms with E-state index in [1.54, 1.807) is 0 Å². The van der Waals surface area contributed by atoms with Gasteiger partial charge in [-0.05, 0) is 24.8 Å². The zero-order chi connectivity index (χ0) is 16.5. The number of nitrogens with zero attached hydrogens (tertiary/aromatic N) is 1. The van der Waals surface area contributed by atoms with Crippen molar-refractivity contribution < 1.29 is 9.59 Å². The van der Waals surface area contributed by atoms with Crippen LogP contribution in [0.4, 0.5) is 0 Å². The Hall–Kier alpha value is -2.17. The number of amides is 2. The first kappa shape index (κ1) is 17.2. The minimum Gasteiger partial charge on any atom is -0.347 e. The van der Waals surface area contributed by atoms with Crippen LogP contribution in [-0.2, 0) is 9.59 Å². The molecule has 5 nitrogen and oxygen atoms in total. The Morgan fingerprint density at radius 2 is 1.83 bits per heavy atom. The highest BCUT2D eigenvalue weighted by Gasteiger charge is 2.21. The van der Waals surface area contributed by atoms with Gasteiger partial charge in [-0.25, -0.2) is 5.43 Å². The summed E-state index contributed by atoms with van der Waals surface area (Å²) in [5.74, 6) is -0.241. The maximum atomic E-state index is 12.0. The Labute approximate surface area is 137 Å². The van der Waals surface area contributed by atoms with Crippen LogP contribution in [0.5, 0.6) is 0 Å². The normalized spacial score (nSPS) is 16.0. The Bertz CT molecular complexity index is 549. The number of carbonyl (C=O) groups excluding carboxylic acids is 2. The fourth-order valence-electron chi connectivity index (χ4n) is 2.82. The molecule has 0 radical (unpaired) electrons. The molecule has 2 amide bonds. The van der Waals surface area contributed by atoms with E-state index >= 15 is 0 Å². The van der Waals surface area contributed by atoms with Gasteiger partial charge in [0.05, 0.1) is 12.3 Å². The zero-order valence-electron chi connectivity index (χ0n) is 13.7. The summed E-state index contributed by atoms with van der Waals surface area (Å²) >= 11 is 0. The van der Waals surface area contributed by atoms with Crippen molar-refractivity contribution >= 4 is 17.5 Å². The molecule has 0 atom stereocenters. The van der Waals surface area contributed by atoms with Crippen LogP contribution < -0.4 is 10.7 Å². The van der Waals surface area contributed by atoms with Gasteiger partial charge in [0.15, 0.2) is 0 Å². The van der Waals surface area contributed by atoms with E-state index in [-0.39, 0.29) is 24.3 Å². The van der Waals surface area contributed by atoms with Gasteiger partial charge in [-0.15, -0.1) is 0 Å². The number of hydrazone groups is 1. The van der Waals surface area contributed by atoms with Crippen molar-refractivity contribution in [3.63, 3.8) is 0 Å². The molecule has 1 fully saturated rings. The van der Waals surface area contributed by atoms with Crippen molar-refractivity contribution in [3.05, 3.63) is 35.9 Å². The van der Waals surface area contributed by atoms with Crippen LogP contribution in [0.25, 0.3) is 0 Å². The standard InChI is InChI=1S/C18H25N3O2/c1-2-16(14-9-5-3-6-10-14)20-21-17(22)13-19-18(23)15-11-7-4-8-12-15/h3,5-6,9-10,15H,2,4,7-8,11-13H2,1H3,(H,19,23)(H,21,22)/b20-16-. The Kier molecular flexibility index (Phi) is 6.78. The van der Waals surface area contributed by atoms with Gasteiger partial charge in [-0.1, -0.05) is 56.5 Å². The van der Waals surface area contributed by atoms with Gasteiger partial charge in [0.25, 0.3) is 5.91 Å². The predicted octanol–water partition coefficient (Wildman–Crippen LogP) is 2.61. The lowest BCUT2D eigenvalue weighted by molar-refractivity contribution is -0.129. The third-order valence-electron chi connectivity index (χ3n) is 4.16. The fraction of sp³-hybridized carbons (Fsp3) is 0.500. The number of carbonyl (C=O) groups is 2. The van der Waals surface area contributed by atoms with E-state index in [2.05, 4.69) is 15.8 Å². The van der Waals surface area contributed by atoms with Crippen molar-refractivity contribution in [2.75, 3.05) is 6.54 Å². The molecule has 1 aromatic carbocycles. The minimum absolute atomic E-state index is 0.0115. The highest BCUT2D eigenvalue weighted by atomic mass is 16.2. The van der Waals surface area contributed by atoms with Gasteiger partial charge < -0.3 is 5.32 Å². The van der Waals surface area contributed by atoms with Crippen molar-refractivity contribution in [3.8, 4) is 0 Å². The third-order valence-corrected chi connectivity index (χ3v) is 4.16. The smallest absolute Gasteiger partial charge is 0.259 e. The summed E-state index contributed by atoms with van der Waals surface area (Å²) in [5, 5.41) is 6.88. The summed E-state index contributed by atoms with van der Waals surface area (Å²) in [6.07, 6.45) is 5.99. The lowest BCUT2D eigenvalue weighted by Gasteiger charge is -2.20. The molecular formula is C18H25N3O2. The molecule has 0 saturated heterocycles. The minimum atomic E-state index is -0.295. The summed E-state index contributed by atoms with van der Waals surface area (Å²) in [4.78, 5) is 23.8. The molecule has 0 bridgehead atoms. The van der Waals surface area contributed by atoms with E-state index in [1.165, 1.54) is 6.42 Å². The molecule has 23 heavy (non-hydrogen) atoms. The summed E-state index contributed by atoms with van der Waals surface area (Å²) in [5.41, 5.74) is 4.33. The summed E-state index contributed by atoms with van der Waals surface area (Å²) in [6.45, 7) is 1.97. The SMILES string of the molecule is CC/C(=N/NC(=O)CNC(=O)C1CCCCC1)c1ccccc1. The lowest BCUT2D eigenvalue weighted by Crippen LogP contribution is -2.39. The fourth-order valence-corrected chi connectivity index (χ4v) is 2.82. The highest BCUT2D eigenvalue weighted by molar-refractivity contribution is 6.01. The molecular weight excluding hydrogens is 290 g/mol. The first-order valence-electron chi connectivity index (χ1n) is 8.39. The number of benzene rings is 1. The van der Waals surface area contributed by atoms with Crippen LogP contribution in [-0.4, -0.2) is 24.1 Å². The summed E-state index contributed by atoms with van der Waals surface area (Å²) < 4.78 is 0. The largest absolute Gasteiger partial charge is 0.347 e. The number of rotatable bonds is 6. The summed E-state index contributed by atoms with van der Waals surface area (Å²) in [6, 6.07) is 9.73. The van der Waals surface area contributed by atoms with Crippen LogP contribution in [0, 0.1) is 5.92 Å². The molecule has 0 aliphatic heterocycles. The lowest BCUT2D eigenvalue weighted by atomic mass is 9.89. The van der Waals surface area contributed by atoms with Gasteiger partial charge in [-0.3, -0.25) is 9.59 Å². The molecule has 1 aromatic rings. The molecule has 1 saturated carbocycles. The number of hydrogen-bond acceptors (Lipinski definition) is 3. The first-order valence-corrected chi connectivity index (χ1v) is 8.39. The second kappa shape index (κ2) is 9.08. The van der Waals surface area contributed by atoms with E-state index in [4.69, 9.17) is 0 Å². The van der Waals surface area contributed by atoms with Gasteiger partial charge in [-0.2, -0.15) is 5.10 Å². The molecule has 0 spiro atoms. The van der Waals surface area contributed by atoms with Crippen molar-refractivity contribution in [2.45, 2.75) is 45.4 Å². The van der Waals surface area contributed by atoms with Gasteiger partial charge in [0.1, 0.15) is 0 Å². The molecule has 2 N–H and O–H groups in total. The second-order valence-electron chi connectivity index (χ2n) is 5.87. The predicted molar refractivity (Wildman–Crippen MR) is 91.0 cm³/mol. The second-order valence-corrected chi connectivity index (χ2v) is 5.87. The maximum absolute atomic E-state index is 12.0. The molecule has 0 unspecified atom stereocenters. The average molecular weight is 315 g/mol. The van der Waals surface area contributed by atoms with Crippen LogP contribution in [0.3, 0.4) is 0 Å². The van der Waals surface area contributed by atoms with Crippen molar-refractivity contribution in [2.24, 2.45) is 11.0 Å². The highest BCUT2D eigenvalue weighted by Crippen LogP contribution is 2.23. The van der Waals surface area contributed by atoms with Crippen LogP contribution in [0.15, 0.2) is 35.4 Å². The quantitative estimate of drug-likeness (QED) is 0.626. The molecule has 2 rings (SSSR count). The van der Waals surface area contributed by atoms with Crippen molar-refractivity contribution in [1.29, 1.82) is 0 Å².